The summed E-state index contributed by atoms with van der Waals surface area (Å²) in [6, 6.07) is 9.63. The lowest BCUT2D eigenvalue weighted by molar-refractivity contribution is 0.332. The summed E-state index contributed by atoms with van der Waals surface area (Å²) in [5, 5.41) is 3.66. The van der Waals surface area contributed by atoms with Gasteiger partial charge in [0.2, 0.25) is 0 Å². The maximum atomic E-state index is 5.77. The van der Waals surface area contributed by atoms with E-state index in [2.05, 4.69) is 48.3 Å². The van der Waals surface area contributed by atoms with Gasteiger partial charge >= 0.3 is 0 Å². The summed E-state index contributed by atoms with van der Waals surface area (Å²) >= 11 is 0. The molecule has 1 saturated heterocycles. The number of benzene rings is 1. The van der Waals surface area contributed by atoms with Crippen molar-refractivity contribution in [3.63, 3.8) is 0 Å². The molecule has 1 aromatic rings. The molecule has 0 saturated carbocycles. The van der Waals surface area contributed by atoms with Gasteiger partial charge in [-0.3, -0.25) is 0 Å². The Bertz CT molecular complexity index is 408. The predicted octanol–water partition coefficient (Wildman–Crippen LogP) is 3.44. The van der Waals surface area contributed by atoms with Gasteiger partial charge in [-0.15, -0.1) is 0 Å². The minimum absolute atomic E-state index is 0.555. The molecule has 0 bridgehead atoms. The number of ether oxygens (including phenoxy) is 1. The van der Waals surface area contributed by atoms with Gasteiger partial charge in [-0.2, -0.15) is 0 Å². The van der Waals surface area contributed by atoms with E-state index in [4.69, 9.17) is 4.74 Å². The van der Waals surface area contributed by atoms with Crippen molar-refractivity contribution >= 4 is 5.69 Å². The van der Waals surface area contributed by atoms with Crippen molar-refractivity contribution in [2.24, 2.45) is 0 Å². The largest absolute Gasteiger partial charge is 0.492 e. The van der Waals surface area contributed by atoms with E-state index in [0.29, 0.717) is 12.1 Å². The summed E-state index contributed by atoms with van der Waals surface area (Å²) in [4.78, 5) is 2.50. The van der Waals surface area contributed by atoms with Crippen molar-refractivity contribution in [2.45, 2.75) is 52.1 Å². The topological polar surface area (TPSA) is 24.5 Å². The zero-order valence-electron chi connectivity index (χ0n) is 13.1. The molecule has 1 fully saturated rings. The van der Waals surface area contributed by atoms with Gasteiger partial charge in [0.25, 0.3) is 0 Å². The molecular weight excluding hydrogens is 248 g/mol. The van der Waals surface area contributed by atoms with Gasteiger partial charge in [-0.1, -0.05) is 19.1 Å². The normalized spacial score (nSPS) is 22.9. The lowest BCUT2D eigenvalue weighted by Gasteiger charge is -2.40. The van der Waals surface area contributed by atoms with Crippen molar-refractivity contribution in [3.8, 4) is 5.75 Å². The number of rotatable bonds is 6. The zero-order valence-corrected chi connectivity index (χ0v) is 13.1. The Labute approximate surface area is 123 Å². The highest BCUT2D eigenvalue weighted by atomic mass is 16.5. The average molecular weight is 276 g/mol. The molecule has 0 aromatic heterocycles. The van der Waals surface area contributed by atoms with Crippen LogP contribution in [0.2, 0.25) is 0 Å². The number of nitrogens with one attached hydrogen (secondary N) is 1. The molecular formula is C17H28N2O. The van der Waals surface area contributed by atoms with Crippen LogP contribution in [0.25, 0.3) is 0 Å². The van der Waals surface area contributed by atoms with Crippen molar-refractivity contribution in [1.82, 2.24) is 5.32 Å². The highest BCUT2D eigenvalue weighted by Crippen LogP contribution is 2.32. The van der Waals surface area contributed by atoms with E-state index in [0.717, 1.165) is 25.4 Å². The summed E-state index contributed by atoms with van der Waals surface area (Å²) < 4.78 is 5.77. The first-order valence-electron chi connectivity index (χ1n) is 7.98. The Morgan fingerprint density at radius 2 is 2.10 bits per heavy atom. The molecule has 1 aliphatic heterocycles. The first kappa shape index (κ1) is 15.2. The van der Waals surface area contributed by atoms with Crippen molar-refractivity contribution < 1.29 is 4.74 Å². The Morgan fingerprint density at radius 1 is 1.30 bits per heavy atom. The fourth-order valence-corrected chi connectivity index (χ4v) is 3.04. The lowest BCUT2D eigenvalue weighted by Crippen LogP contribution is -2.47. The second-order valence-electron chi connectivity index (χ2n) is 5.62. The zero-order chi connectivity index (χ0) is 14.4. The standard InChI is InChI=1S/C17H28N2O/c1-4-11-18-15-10-12-19(14(3)13-15)16-8-6-7-9-17(16)20-5-2/h6-9,14-15,18H,4-5,10-13H2,1-3H3. The van der Waals surface area contributed by atoms with Gasteiger partial charge in [0.05, 0.1) is 12.3 Å². The van der Waals surface area contributed by atoms with Gasteiger partial charge in [0.15, 0.2) is 0 Å². The van der Waals surface area contributed by atoms with E-state index < -0.39 is 0 Å². The van der Waals surface area contributed by atoms with Crippen LogP contribution in [0.5, 0.6) is 5.75 Å². The second-order valence-corrected chi connectivity index (χ2v) is 5.62. The summed E-state index contributed by atoms with van der Waals surface area (Å²) in [6.07, 6.45) is 3.63. The number of hydrogen-bond acceptors (Lipinski definition) is 3. The summed E-state index contributed by atoms with van der Waals surface area (Å²) in [5.74, 6) is 1.02. The fourth-order valence-electron chi connectivity index (χ4n) is 3.04. The third kappa shape index (κ3) is 3.66. The molecule has 112 valence electrons. The monoisotopic (exact) mass is 276 g/mol. The van der Waals surface area contributed by atoms with Crippen LogP contribution in [0.3, 0.4) is 0 Å². The van der Waals surface area contributed by atoms with E-state index in [-0.39, 0.29) is 0 Å². The van der Waals surface area contributed by atoms with Gasteiger partial charge in [0.1, 0.15) is 5.75 Å². The molecule has 20 heavy (non-hydrogen) atoms. The molecule has 2 unspecified atom stereocenters. The van der Waals surface area contributed by atoms with Crippen molar-refractivity contribution in [2.75, 3.05) is 24.6 Å². The molecule has 2 rings (SSSR count). The third-order valence-electron chi connectivity index (χ3n) is 4.03. The van der Waals surface area contributed by atoms with Gasteiger partial charge < -0.3 is 15.0 Å². The molecule has 0 amide bonds. The quantitative estimate of drug-likeness (QED) is 0.861. The number of hydrogen-bond donors (Lipinski definition) is 1. The van der Waals surface area contributed by atoms with Crippen LogP contribution in [0.4, 0.5) is 5.69 Å². The minimum atomic E-state index is 0.555. The van der Waals surface area contributed by atoms with E-state index in [9.17, 15) is 0 Å². The van der Waals surface area contributed by atoms with Crippen LogP contribution in [0, 0.1) is 0 Å². The molecule has 2 atom stereocenters. The highest BCUT2D eigenvalue weighted by Gasteiger charge is 2.26. The summed E-state index contributed by atoms with van der Waals surface area (Å²) in [7, 11) is 0. The predicted molar refractivity (Wildman–Crippen MR) is 85.7 cm³/mol. The molecule has 3 heteroatoms. The Balaban J connectivity index is 2.03. The van der Waals surface area contributed by atoms with E-state index >= 15 is 0 Å². The smallest absolute Gasteiger partial charge is 0.142 e. The number of piperidine rings is 1. The summed E-state index contributed by atoms with van der Waals surface area (Å²) in [5.41, 5.74) is 1.25. The molecule has 0 spiro atoms. The number of nitrogens with zero attached hydrogens (tertiary/aromatic N) is 1. The maximum Gasteiger partial charge on any atom is 0.142 e. The lowest BCUT2D eigenvalue weighted by atomic mass is 9.97. The first-order valence-corrected chi connectivity index (χ1v) is 7.98. The fraction of sp³-hybridized carbons (Fsp3) is 0.647. The van der Waals surface area contributed by atoms with Crippen LogP contribution >= 0.6 is 0 Å². The van der Waals surface area contributed by atoms with Crippen LogP contribution in [0.1, 0.15) is 40.0 Å². The molecule has 1 aromatic carbocycles. The first-order chi connectivity index (χ1) is 9.76. The number of para-hydroxylation sites is 2. The third-order valence-corrected chi connectivity index (χ3v) is 4.03. The van der Waals surface area contributed by atoms with Gasteiger partial charge in [-0.25, -0.2) is 0 Å². The minimum Gasteiger partial charge on any atom is -0.492 e. The highest BCUT2D eigenvalue weighted by molar-refractivity contribution is 5.59. The molecule has 0 aliphatic carbocycles. The maximum absolute atomic E-state index is 5.77. The molecule has 1 aliphatic rings. The molecule has 1 N–H and O–H groups in total. The Morgan fingerprint density at radius 3 is 2.80 bits per heavy atom. The molecule has 1 heterocycles. The molecule has 0 radical (unpaired) electrons. The van der Waals surface area contributed by atoms with E-state index in [1.54, 1.807) is 0 Å². The molecule has 3 nitrogen and oxygen atoms in total. The van der Waals surface area contributed by atoms with Gasteiger partial charge in [0, 0.05) is 18.6 Å². The van der Waals surface area contributed by atoms with Crippen molar-refractivity contribution in [1.29, 1.82) is 0 Å². The Kier molecular flexibility index (Phi) is 5.72. The van der Waals surface area contributed by atoms with Crippen molar-refractivity contribution in [3.05, 3.63) is 24.3 Å². The van der Waals surface area contributed by atoms with Crippen LogP contribution in [-0.4, -0.2) is 31.8 Å². The van der Waals surface area contributed by atoms with E-state index in [1.165, 1.54) is 24.9 Å². The van der Waals surface area contributed by atoms with Crippen LogP contribution in [-0.2, 0) is 0 Å². The van der Waals surface area contributed by atoms with Crippen LogP contribution < -0.4 is 15.0 Å². The summed E-state index contributed by atoms with van der Waals surface area (Å²) in [6.45, 7) is 9.55. The Hall–Kier alpha value is -1.22. The number of anilines is 1. The SMILES string of the molecule is CCCNC1CCN(c2ccccc2OCC)C(C)C1. The van der Waals surface area contributed by atoms with Gasteiger partial charge in [-0.05, 0) is 51.8 Å². The van der Waals surface area contributed by atoms with E-state index in [1.807, 2.05) is 6.92 Å². The average Bonchev–Trinajstić information content (AvgIpc) is 2.46. The van der Waals surface area contributed by atoms with Crippen LogP contribution in [0.15, 0.2) is 24.3 Å². The second kappa shape index (κ2) is 7.53.